The number of ether oxygens (including phenoxy) is 1. The molecule has 1 heterocycles. The van der Waals surface area contributed by atoms with Gasteiger partial charge in [0.25, 0.3) is 0 Å². The lowest BCUT2D eigenvalue weighted by molar-refractivity contribution is -0.0606. The SMILES string of the molecule is CC1(C)CCCC(C)(C)N1CC(O)COc1ccccc1Cl.Cl. The van der Waals surface area contributed by atoms with Crippen molar-refractivity contribution in [2.24, 2.45) is 0 Å². The fourth-order valence-electron chi connectivity index (χ4n) is 3.55. The van der Waals surface area contributed by atoms with Gasteiger partial charge in [-0.25, -0.2) is 0 Å². The second-order valence-electron chi connectivity index (χ2n) is 7.48. The number of aliphatic hydroxyl groups excluding tert-OH is 1. The molecule has 0 radical (unpaired) electrons. The van der Waals surface area contributed by atoms with Crippen LogP contribution >= 0.6 is 24.0 Å². The minimum atomic E-state index is -0.534. The molecule has 2 rings (SSSR count). The molecule has 132 valence electrons. The summed E-state index contributed by atoms with van der Waals surface area (Å²) in [5.41, 5.74) is 0.209. The number of benzene rings is 1. The van der Waals surface area contributed by atoms with Gasteiger partial charge in [0.1, 0.15) is 18.5 Å². The van der Waals surface area contributed by atoms with Crippen LogP contribution < -0.4 is 4.74 Å². The Kier molecular flexibility index (Phi) is 7.21. The summed E-state index contributed by atoms with van der Waals surface area (Å²) in [6, 6.07) is 7.36. The highest BCUT2D eigenvalue weighted by Gasteiger charge is 2.41. The highest BCUT2D eigenvalue weighted by atomic mass is 35.5. The average molecular weight is 362 g/mol. The van der Waals surface area contributed by atoms with Gasteiger partial charge in [-0.1, -0.05) is 23.7 Å². The molecule has 0 bridgehead atoms. The fourth-order valence-corrected chi connectivity index (χ4v) is 3.74. The van der Waals surface area contributed by atoms with E-state index in [1.807, 2.05) is 18.2 Å². The van der Waals surface area contributed by atoms with E-state index in [1.165, 1.54) is 6.42 Å². The van der Waals surface area contributed by atoms with Gasteiger partial charge in [0.2, 0.25) is 0 Å². The van der Waals surface area contributed by atoms with Gasteiger partial charge in [0.05, 0.1) is 5.02 Å². The van der Waals surface area contributed by atoms with Gasteiger partial charge in [0, 0.05) is 17.6 Å². The zero-order chi connectivity index (χ0) is 16.4. The van der Waals surface area contributed by atoms with E-state index in [4.69, 9.17) is 16.3 Å². The van der Waals surface area contributed by atoms with Crippen molar-refractivity contribution in [1.82, 2.24) is 4.90 Å². The van der Waals surface area contributed by atoms with Crippen molar-refractivity contribution in [3.63, 3.8) is 0 Å². The van der Waals surface area contributed by atoms with Crippen LogP contribution in [0.15, 0.2) is 24.3 Å². The summed E-state index contributed by atoms with van der Waals surface area (Å²) in [4.78, 5) is 2.42. The molecule has 1 N–H and O–H groups in total. The van der Waals surface area contributed by atoms with Crippen LogP contribution in [0.2, 0.25) is 5.02 Å². The van der Waals surface area contributed by atoms with Gasteiger partial charge >= 0.3 is 0 Å². The van der Waals surface area contributed by atoms with Gasteiger partial charge in [-0.2, -0.15) is 0 Å². The molecule has 1 saturated heterocycles. The fraction of sp³-hybridized carbons (Fsp3) is 0.667. The molecule has 5 heteroatoms. The second-order valence-corrected chi connectivity index (χ2v) is 7.89. The lowest BCUT2D eigenvalue weighted by Gasteiger charge is -2.53. The molecule has 1 aliphatic heterocycles. The zero-order valence-electron chi connectivity index (χ0n) is 14.5. The number of halogens is 2. The van der Waals surface area contributed by atoms with E-state index in [0.717, 1.165) is 12.8 Å². The van der Waals surface area contributed by atoms with Gasteiger partial charge in [-0.3, -0.25) is 4.90 Å². The van der Waals surface area contributed by atoms with Crippen molar-refractivity contribution in [3.05, 3.63) is 29.3 Å². The molecule has 0 aliphatic carbocycles. The molecule has 0 amide bonds. The third-order valence-corrected chi connectivity index (χ3v) is 5.01. The third-order valence-electron chi connectivity index (χ3n) is 4.70. The number of aliphatic hydroxyl groups is 1. The first kappa shape index (κ1) is 20.6. The smallest absolute Gasteiger partial charge is 0.138 e. The number of hydrogen-bond acceptors (Lipinski definition) is 3. The van der Waals surface area contributed by atoms with Crippen LogP contribution in [0.1, 0.15) is 47.0 Å². The van der Waals surface area contributed by atoms with Crippen LogP contribution in [0.25, 0.3) is 0 Å². The van der Waals surface area contributed by atoms with Crippen LogP contribution in [0.5, 0.6) is 5.75 Å². The number of β-amino-alcohol motifs (C(OH)–C–C–N with tert-alkyl or cyclic N) is 1. The number of hydrogen-bond donors (Lipinski definition) is 1. The first-order valence-electron chi connectivity index (χ1n) is 8.05. The summed E-state index contributed by atoms with van der Waals surface area (Å²) in [5, 5.41) is 11.0. The summed E-state index contributed by atoms with van der Waals surface area (Å²) in [7, 11) is 0. The normalized spacial score (nSPS) is 21.3. The minimum Gasteiger partial charge on any atom is -0.489 e. The van der Waals surface area contributed by atoms with E-state index in [-0.39, 0.29) is 30.1 Å². The highest BCUT2D eigenvalue weighted by molar-refractivity contribution is 6.32. The average Bonchev–Trinajstić information content (AvgIpc) is 2.42. The lowest BCUT2D eigenvalue weighted by Crippen LogP contribution is -2.60. The molecule has 1 fully saturated rings. The molecular formula is C18H29Cl2NO2. The molecule has 1 unspecified atom stereocenters. The maximum absolute atomic E-state index is 10.4. The van der Waals surface area contributed by atoms with Crippen molar-refractivity contribution in [1.29, 1.82) is 0 Å². The monoisotopic (exact) mass is 361 g/mol. The van der Waals surface area contributed by atoms with Gasteiger partial charge < -0.3 is 9.84 Å². The quantitative estimate of drug-likeness (QED) is 0.834. The summed E-state index contributed by atoms with van der Waals surface area (Å²) in [6.07, 6.45) is 3.03. The maximum Gasteiger partial charge on any atom is 0.138 e. The summed E-state index contributed by atoms with van der Waals surface area (Å²) in [5.74, 6) is 0.625. The van der Waals surface area contributed by atoms with E-state index in [2.05, 4.69) is 32.6 Å². The lowest BCUT2D eigenvalue weighted by atomic mass is 9.79. The molecular weight excluding hydrogens is 333 g/mol. The first-order chi connectivity index (χ1) is 10.2. The Hall–Kier alpha value is -0.480. The van der Waals surface area contributed by atoms with Gasteiger partial charge in [-0.05, 0) is 59.1 Å². The molecule has 0 spiro atoms. The number of nitrogens with zero attached hydrogens (tertiary/aromatic N) is 1. The van der Waals surface area contributed by atoms with E-state index < -0.39 is 6.10 Å². The number of piperidine rings is 1. The number of rotatable bonds is 5. The Labute approximate surface area is 151 Å². The minimum absolute atomic E-state index is 0. The number of para-hydroxylation sites is 1. The molecule has 0 saturated carbocycles. The van der Waals surface area contributed by atoms with Crippen molar-refractivity contribution in [2.45, 2.75) is 64.1 Å². The van der Waals surface area contributed by atoms with Crippen LogP contribution in [-0.4, -0.2) is 40.3 Å². The highest BCUT2D eigenvalue weighted by Crippen LogP contribution is 2.38. The Bertz CT molecular complexity index is 490. The molecule has 1 aliphatic rings. The van der Waals surface area contributed by atoms with Crippen molar-refractivity contribution in [2.75, 3.05) is 13.2 Å². The Morgan fingerprint density at radius 1 is 1.17 bits per heavy atom. The van der Waals surface area contributed by atoms with Crippen LogP contribution in [-0.2, 0) is 0 Å². The maximum atomic E-state index is 10.4. The molecule has 0 aromatic heterocycles. The van der Waals surface area contributed by atoms with Gasteiger partial charge in [-0.15, -0.1) is 12.4 Å². The largest absolute Gasteiger partial charge is 0.489 e. The molecule has 23 heavy (non-hydrogen) atoms. The Balaban J connectivity index is 0.00000264. The molecule has 1 aromatic carbocycles. The van der Waals surface area contributed by atoms with E-state index >= 15 is 0 Å². The van der Waals surface area contributed by atoms with Crippen molar-refractivity contribution >= 4 is 24.0 Å². The second kappa shape index (κ2) is 8.06. The topological polar surface area (TPSA) is 32.7 Å². The van der Waals surface area contributed by atoms with Crippen LogP contribution in [0.4, 0.5) is 0 Å². The van der Waals surface area contributed by atoms with E-state index in [1.54, 1.807) is 6.07 Å². The predicted molar refractivity (Wildman–Crippen MR) is 98.9 cm³/mol. The number of likely N-dealkylation sites (tertiary alicyclic amines) is 1. The summed E-state index contributed by atoms with van der Waals surface area (Å²) < 4.78 is 5.67. The van der Waals surface area contributed by atoms with Crippen LogP contribution in [0, 0.1) is 0 Å². The van der Waals surface area contributed by atoms with Crippen molar-refractivity contribution in [3.8, 4) is 5.75 Å². The third kappa shape index (κ3) is 5.25. The predicted octanol–water partition coefficient (Wildman–Crippen LogP) is 4.54. The van der Waals surface area contributed by atoms with Crippen molar-refractivity contribution < 1.29 is 9.84 Å². The summed E-state index contributed by atoms with van der Waals surface area (Å²) >= 11 is 6.07. The Morgan fingerprint density at radius 2 is 1.74 bits per heavy atom. The Morgan fingerprint density at radius 3 is 2.30 bits per heavy atom. The zero-order valence-corrected chi connectivity index (χ0v) is 16.1. The van der Waals surface area contributed by atoms with Gasteiger partial charge in [0.15, 0.2) is 0 Å². The molecule has 1 atom stereocenters. The summed E-state index contributed by atoms with van der Waals surface area (Å²) in [6.45, 7) is 9.91. The van der Waals surface area contributed by atoms with E-state index in [0.29, 0.717) is 17.3 Å². The molecule has 1 aromatic rings. The standard InChI is InChI=1S/C18H28ClNO2.ClH/c1-17(2)10-7-11-18(3,4)20(17)12-14(21)13-22-16-9-6-5-8-15(16)19;/h5-6,8-9,14,21H,7,10-13H2,1-4H3;1H. The molecule has 3 nitrogen and oxygen atoms in total. The van der Waals surface area contributed by atoms with E-state index in [9.17, 15) is 5.11 Å². The van der Waals surface area contributed by atoms with Crippen LogP contribution in [0.3, 0.4) is 0 Å². The first-order valence-corrected chi connectivity index (χ1v) is 8.43.